The quantitative estimate of drug-likeness (QED) is 0.246. The number of hydrogen-bond donors (Lipinski definition) is 3. The Morgan fingerprint density at radius 2 is 1.79 bits per heavy atom. The molecular formula is C36H37N6O9P. The van der Waals surface area contributed by atoms with Gasteiger partial charge in [0, 0.05) is 31.2 Å². The SMILES string of the molecule is Cc1ccc2onc(C(=O)N3CC[C@H]4CC[C@@H](C(=O)N5CCOCC5)N4C(=O)[C@@H](NC(=O)c4cc(C#N)c5ccc(CP(=O)(O)O)cc5c4)C3)c2c1. The number of benzene rings is 3. The van der Waals surface area contributed by atoms with Gasteiger partial charge in [0.1, 0.15) is 12.1 Å². The molecular weight excluding hydrogens is 691 g/mol. The summed E-state index contributed by atoms with van der Waals surface area (Å²) in [5.74, 6) is -1.87. The minimum Gasteiger partial charge on any atom is -0.378 e. The molecule has 0 saturated carbocycles. The number of carbonyl (C=O) groups is 4. The van der Waals surface area contributed by atoms with E-state index in [0.29, 0.717) is 72.9 Å². The second-order valence-corrected chi connectivity index (χ2v) is 15.2. The summed E-state index contributed by atoms with van der Waals surface area (Å²) in [6, 6.07) is 12.5. The van der Waals surface area contributed by atoms with E-state index < -0.39 is 43.6 Å². The van der Waals surface area contributed by atoms with Crippen LogP contribution in [0.3, 0.4) is 0 Å². The van der Waals surface area contributed by atoms with Gasteiger partial charge in [-0.15, -0.1) is 0 Å². The van der Waals surface area contributed by atoms with Gasteiger partial charge < -0.3 is 39.1 Å². The number of nitrogens with zero attached hydrogens (tertiary/aromatic N) is 5. The van der Waals surface area contributed by atoms with E-state index in [9.17, 15) is 38.8 Å². The summed E-state index contributed by atoms with van der Waals surface area (Å²) in [5, 5.41) is 18.2. The van der Waals surface area contributed by atoms with Crippen molar-refractivity contribution in [1.29, 1.82) is 5.26 Å². The van der Waals surface area contributed by atoms with Crippen LogP contribution in [0.2, 0.25) is 0 Å². The lowest BCUT2D eigenvalue weighted by molar-refractivity contribution is -0.149. The molecule has 16 heteroatoms. The number of aryl methyl sites for hydroxylation is 1. The topological polar surface area (TPSA) is 207 Å². The highest BCUT2D eigenvalue weighted by Crippen LogP contribution is 2.40. The zero-order valence-corrected chi connectivity index (χ0v) is 29.3. The van der Waals surface area contributed by atoms with Gasteiger partial charge in [0.25, 0.3) is 11.8 Å². The third kappa shape index (κ3) is 7.03. The minimum atomic E-state index is -4.40. The lowest BCUT2D eigenvalue weighted by Crippen LogP contribution is -2.61. The van der Waals surface area contributed by atoms with Gasteiger partial charge >= 0.3 is 7.60 Å². The van der Waals surface area contributed by atoms with Gasteiger partial charge in [0.05, 0.1) is 42.9 Å². The lowest BCUT2D eigenvalue weighted by atomic mass is 9.99. The Labute approximate surface area is 298 Å². The molecule has 3 fully saturated rings. The molecule has 15 nitrogen and oxygen atoms in total. The molecule has 7 rings (SSSR count). The molecule has 52 heavy (non-hydrogen) atoms. The van der Waals surface area contributed by atoms with E-state index in [0.717, 1.165) is 5.56 Å². The Morgan fingerprint density at radius 3 is 2.54 bits per heavy atom. The molecule has 3 atom stereocenters. The maximum absolute atomic E-state index is 14.6. The number of ether oxygens (including phenoxy) is 1. The second-order valence-electron chi connectivity index (χ2n) is 13.5. The Kier molecular flexibility index (Phi) is 9.58. The predicted molar refractivity (Wildman–Crippen MR) is 186 cm³/mol. The van der Waals surface area contributed by atoms with Crippen molar-refractivity contribution in [2.24, 2.45) is 0 Å². The molecule has 0 unspecified atom stereocenters. The predicted octanol–water partition coefficient (Wildman–Crippen LogP) is 2.70. The minimum absolute atomic E-state index is 0.0296. The molecule has 3 saturated heterocycles. The highest BCUT2D eigenvalue weighted by atomic mass is 31.2. The van der Waals surface area contributed by atoms with Crippen LogP contribution in [0.4, 0.5) is 0 Å². The zero-order chi connectivity index (χ0) is 36.7. The van der Waals surface area contributed by atoms with Crippen LogP contribution < -0.4 is 5.32 Å². The van der Waals surface area contributed by atoms with Crippen LogP contribution in [0.1, 0.15) is 56.8 Å². The lowest BCUT2D eigenvalue weighted by Gasteiger charge is -2.40. The van der Waals surface area contributed by atoms with Crippen LogP contribution in [-0.2, 0) is 25.1 Å². The Hall–Kier alpha value is -5.13. The first-order valence-corrected chi connectivity index (χ1v) is 18.9. The molecule has 3 aromatic carbocycles. The molecule has 0 aliphatic carbocycles. The van der Waals surface area contributed by atoms with E-state index in [-0.39, 0.29) is 41.9 Å². The fourth-order valence-corrected chi connectivity index (χ4v) is 8.15. The molecule has 0 bridgehead atoms. The summed E-state index contributed by atoms with van der Waals surface area (Å²) in [4.78, 5) is 80.2. The monoisotopic (exact) mass is 728 g/mol. The highest BCUT2D eigenvalue weighted by molar-refractivity contribution is 7.50. The number of amides is 4. The highest BCUT2D eigenvalue weighted by Gasteiger charge is 2.47. The molecule has 3 aliphatic heterocycles. The fourth-order valence-electron chi connectivity index (χ4n) is 7.48. The maximum Gasteiger partial charge on any atom is 0.329 e. The van der Waals surface area contributed by atoms with Gasteiger partial charge in [-0.2, -0.15) is 5.26 Å². The number of rotatable bonds is 6. The average Bonchev–Trinajstić information content (AvgIpc) is 3.74. The van der Waals surface area contributed by atoms with Crippen LogP contribution in [0.25, 0.3) is 21.7 Å². The van der Waals surface area contributed by atoms with Crippen LogP contribution in [-0.4, -0.2) is 111 Å². The van der Waals surface area contributed by atoms with E-state index in [1.54, 1.807) is 28.0 Å². The number of morpholine rings is 1. The molecule has 270 valence electrons. The van der Waals surface area contributed by atoms with Crippen LogP contribution >= 0.6 is 7.60 Å². The van der Waals surface area contributed by atoms with Crippen molar-refractivity contribution in [2.75, 3.05) is 39.4 Å². The fraction of sp³-hybridized carbons (Fsp3) is 0.389. The van der Waals surface area contributed by atoms with E-state index in [1.807, 2.05) is 13.0 Å². The number of nitriles is 1. The smallest absolute Gasteiger partial charge is 0.329 e. The van der Waals surface area contributed by atoms with E-state index >= 15 is 0 Å². The van der Waals surface area contributed by atoms with Gasteiger partial charge in [-0.25, -0.2) is 0 Å². The van der Waals surface area contributed by atoms with Crippen molar-refractivity contribution >= 4 is 53.0 Å². The van der Waals surface area contributed by atoms with Crippen molar-refractivity contribution < 1.29 is 42.8 Å². The number of aromatic nitrogens is 1. The van der Waals surface area contributed by atoms with Gasteiger partial charge in [0.15, 0.2) is 11.3 Å². The van der Waals surface area contributed by atoms with Gasteiger partial charge in [0.2, 0.25) is 11.8 Å². The summed E-state index contributed by atoms with van der Waals surface area (Å²) in [6.45, 7) is 3.50. The summed E-state index contributed by atoms with van der Waals surface area (Å²) >= 11 is 0. The average molecular weight is 729 g/mol. The third-order valence-electron chi connectivity index (χ3n) is 10.0. The van der Waals surface area contributed by atoms with Crippen LogP contribution in [0.15, 0.2) is 53.1 Å². The summed E-state index contributed by atoms with van der Waals surface area (Å²) in [6.07, 6.45) is 0.854. The van der Waals surface area contributed by atoms with Crippen LogP contribution in [0, 0.1) is 18.3 Å². The van der Waals surface area contributed by atoms with Crippen LogP contribution in [0.5, 0.6) is 0 Å². The van der Waals surface area contributed by atoms with E-state index in [4.69, 9.17) is 9.26 Å². The van der Waals surface area contributed by atoms with Gasteiger partial charge in [-0.3, -0.25) is 23.7 Å². The first-order chi connectivity index (χ1) is 24.9. The van der Waals surface area contributed by atoms with Gasteiger partial charge in [-0.05, 0) is 66.8 Å². The van der Waals surface area contributed by atoms with Crippen molar-refractivity contribution in [3.63, 3.8) is 0 Å². The van der Waals surface area contributed by atoms with Crippen molar-refractivity contribution in [3.05, 3.63) is 76.5 Å². The summed E-state index contributed by atoms with van der Waals surface area (Å²) < 4.78 is 22.5. The number of fused-ring (bicyclic) bond motifs is 3. The molecule has 1 aromatic heterocycles. The number of carbonyl (C=O) groups excluding carboxylic acids is 4. The third-order valence-corrected chi connectivity index (χ3v) is 10.8. The number of nitrogens with one attached hydrogen (secondary N) is 1. The maximum atomic E-state index is 14.6. The summed E-state index contributed by atoms with van der Waals surface area (Å²) in [7, 11) is -4.40. The van der Waals surface area contributed by atoms with Crippen molar-refractivity contribution in [3.8, 4) is 6.07 Å². The standard InChI is InChI=1S/C36H37N6O9P/c1-21-2-7-31-28(14-21)32(39-51-31)36(46)41-9-8-26-4-6-30(35(45)40-10-12-50-13-11-40)42(26)34(44)29(19-41)38-33(43)24-16-23-15-22(20-52(47,48)49)3-5-27(23)25(17-24)18-37/h2-3,5,7,14-17,26,29-30H,4,6,8-13,19-20H2,1H3,(H,38,43)(H2,47,48,49)/t26-,29+,30+/m1/s1. The number of hydrogen-bond acceptors (Lipinski definition) is 9. The second kappa shape index (κ2) is 14.1. The summed E-state index contributed by atoms with van der Waals surface area (Å²) in [5.41, 5.74) is 1.91. The zero-order valence-electron chi connectivity index (χ0n) is 28.4. The Balaban J connectivity index is 1.23. The first-order valence-electron chi connectivity index (χ1n) is 17.1. The molecule has 0 spiro atoms. The molecule has 3 N–H and O–H groups in total. The molecule has 4 amide bonds. The Morgan fingerprint density at radius 1 is 1.00 bits per heavy atom. The largest absolute Gasteiger partial charge is 0.378 e. The molecule has 4 aromatic rings. The Bertz CT molecular complexity index is 2190. The molecule has 0 radical (unpaired) electrons. The van der Waals surface area contributed by atoms with Crippen molar-refractivity contribution in [1.82, 2.24) is 25.2 Å². The normalized spacial score (nSPS) is 21.1. The van der Waals surface area contributed by atoms with Gasteiger partial charge in [-0.1, -0.05) is 35.0 Å². The first kappa shape index (κ1) is 35.3. The van der Waals surface area contributed by atoms with E-state index in [2.05, 4.69) is 16.5 Å². The van der Waals surface area contributed by atoms with E-state index in [1.165, 1.54) is 29.2 Å². The van der Waals surface area contributed by atoms with Crippen molar-refractivity contribution in [2.45, 2.75) is 50.5 Å². The molecule has 4 heterocycles. The molecule has 3 aliphatic rings.